The standard InChI is InChI=1S/C20H23F2N5O3/c1-4-27-13(3)15(9-24-27)11-26-12-16(10-23-26)25-19(28)14-6-7-17(30-20(21)22)18(8-14)29-5-2/h6-10,12,20H,4-5,11H2,1-3H3,(H,25,28). The predicted octanol–water partition coefficient (Wildman–Crippen LogP) is 3.71. The quantitative estimate of drug-likeness (QED) is 0.572. The highest BCUT2D eigenvalue weighted by molar-refractivity contribution is 6.04. The molecule has 3 rings (SSSR count). The molecule has 0 bridgehead atoms. The van der Waals surface area contributed by atoms with Crippen molar-refractivity contribution in [2.24, 2.45) is 0 Å². The van der Waals surface area contributed by atoms with Gasteiger partial charge >= 0.3 is 6.61 Å². The second-order valence-corrected chi connectivity index (χ2v) is 6.42. The Morgan fingerprint density at radius 2 is 2.00 bits per heavy atom. The van der Waals surface area contributed by atoms with Crippen molar-refractivity contribution in [3.05, 3.63) is 53.6 Å². The maximum Gasteiger partial charge on any atom is 0.387 e. The Kier molecular flexibility index (Phi) is 6.65. The number of aryl methyl sites for hydroxylation is 1. The van der Waals surface area contributed by atoms with E-state index in [-0.39, 0.29) is 23.7 Å². The number of benzene rings is 1. The summed E-state index contributed by atoms with van der Waals surface area (Å²) in [5.74, 6) is -0.474. The molecule has 30 heavy (non-hydrogen) atoms. The van der Waals surface area contributed by atoms with Crippen LogP contribution in [0, 0.1) is 6.92 Å². The highest BCUT2D eigenvalue weighted by atomic mass is 19.3. The molecule has 2 aromatic heterocycles. The van der Waals surface area contributed by atoms with E-state index in [1.165, 1.54) is 24.4 Å². The number of amides is 1. The Morgan fingerprint density at radius 1 is 1.20 bits per heavy atom. The van der Waals surface area contributed by atoms with E-state index in [9.17, 15) is 13.6 Å². The van der Waals surface area contributed by atoms with Gasteiger partial charge in [0.1, 0.15) is 0 Å². The van der Waals surface area contributed by atoms with Crippen LogP contribution in [0.1, 0.15) is 35.5 Å². The van der Waals surface area contributed by atoms with Crippen LogP contribution in [0.25, 0.3) is 0 Å². The Balaban J connectivity index is 1.70. The number of nitrogens with one attached hydrogen (secondary N) is 1. The molecule has 0 saturated heterocycles. The second-order valence-electron chi connectivity index (χ2n) is 6.42. The van der Waals surface area contributed by atoms with Crippen LogP contribution in [0.4, 0.5) is 14.5 Å². The molecule has 0 aliphatic rings. The Hall–Kier alpha value is -3.43. The van der Waals surface area contributed by atoms with Gasteiger partial charge in [-0.3, -0.25) is 14.2 Å². The zero-order valence-electron chi connectivity index (χ0n) is 16.9. The minimum absolute atomic E-state index is 0.0737. The number of carbonyl (C=O) groups excluding carboxylic acids is 1. The van der Waals surface area contributed by atoms with E-state index < -0.39 is 12.5 Å². The minimum atomic E-state index is -2.98. The molecule has 1 amide bonds. The van der Waals surface area contributed by atoms with Crippen LogP contribution in [0.3, 0.4) is 0 Å². The lowest BCUT2D eigenvalue weighted by Crippen LogP contribution is -2.12. The average Bonchev–Trinajstić information content (AvgIpc) is 3.29. The smallest absolute Gasteiger partial charge is 0.387 e. The first-order valence-electron chi connectivity index (χ1n) is 9.48. The summed E-state index contributed by atoms with van der Waals surface area (Å²) < 4.78 is 38.4. The van der Waals surface area contributed by atoms with Gasteiger partial charge in [-0.1, -0.05) is 0 Å². The van der Waals surface area contributed by atoms with Gasteiger partial charge in [-0.05, 0) is 39.0 Å². The minimum Gasteiger partial charge on any atom is -0.490 e. The monoisotopic (exact) mass is 419 g/mol. The number of carbonyl (C=O) groups is 1. The van der Waals surface area contributed by atoms with Crippen molar-refractivity contribution in [2.45, 2.75) is 40.5 Å². The second kappa shape index (κ2) is 9.38. The van der Waals surface area contributed by atoms with Crippen molar-refractivity contribution >= 4 is 11.6 Å². The summed E-state index contributed by atoms with van der Waals surface area (Å²) in [6.45, 7) is 4.30. The molecule has 8 nitrogen and oxygen atoms in total. The van der Waals surface area contributed by atoms with Gasteiger partial charge in [0.05, 0.1) is 31.2 Å². The molecule has 0 atom stereocenters. The largest absolute Gasteiger partial charge is 0.490 e. The summed E-state index contributed by atoms with van der Waals surface area (Å²) >= 11 is 0. The van der Waals surface area contributed by atoms with Crippen LogP contribution in [0.2, 0.25) is 0 Å². The van der Waals surface area contributed by atoms with Gasteiger partial charge in [-0.15, -0.1) is 0 Å². The number of nitrogens with zero attached hydrogens (tertiary/aromatic N) is 4. The van der Waals surface area contributed by atoms with Crippen molar-refractivity contribution < 1.29 is 23.0 Å². The normalized spacial score (nSPS) is 11.0. The molecular weight excluding hydrogens is 396 g/mol. The molecule has 10 heteroatoms. The number of hydrogen-bond donors (Lipinski definition) is 1. The number of ether oxygens (including phenoxy) is 2. The number of hydrogen-bond acceptors (Lipinski definition) is 5. The van der Waals surface area contributed by atoms with Gasteiger partial charge < -0.3 is 14.8 Å². The lowest BCUT2D eigenvalue weighted by molar-refractivity contribution is -0.0514. The molecule has 0 radical (unpaired) electrons. The molecule has 0 saturated carbocycles. The zero-order chi connectivity index (χ0) is 21.7. The highest BCUT2D eigenvalue weighted by Crippen LogP contribution is 2.30. The number of rotatable bonds is 9. The van der Waals surface area contributed by atoms with E-state index in [0.717, 1.165) is 17.8 Å². The Bertz CT molecular complexity index is 1020. The van der Waals surface area contributed by atoms with Gasteiger partial charge in [-0.2, -0.15) is 19.0 Å². The summed E-state index contributed by atoms with van der Waals surface area (Å²) in [4.78, 5) is 12.6. The first-order valence-corrected chi connectivity index (χ1v) is 9.48. The third-order valence-corrected chi connectivity index (χ3v) is 4.45. The zero-order valence-corrected chi connectivity index (χ0v) is 16.9. The van der Waals surface area contributed by atoms with Gasteiger partial charge in [0.25, 0.3) is 5.91 Å². The molecule has 0 spiro atoms. The maximum atomic E-state index is 12.6. The van der Waals surface area contributed by atoms with Crippen molar-refractivity contribution in [3.63, 3.8) is 0 Å². The number of anilines is 1. The molecule has 0 aliphatic heterocycles. The fourth-order valence-corrected chi connectivity index (χ4v) is 2.96. The summed E-state index contributed by atoms with van der Waals surface area (Å²) in [7, 11) is 0. The number of alkyl halides is 2. The molecule has 2 heterocycles. The summed E-state index contributed by atoms with van der Waals surface area (Å²) in [6.07, 6.45) is 5.05. The molecule has 1 N–H and O–H groups in total. The van der Waals surface area contributed by atoms with E-state index in [2.05, 4.69) is 20.3 Å². The molecule has 0 aliphatic carbocycles. The van der Waals surface area contributed by atoms with E-state index in [1.54, 1.807) is 24.0 Å². The third-order valence-electron chi connectivity index (χ3n) is 4.45. The van der Waals surface area contributed by atoms with Crippen LogP contribution in [-0.4, -0.2) is 38.7 Å². The van der Waals surface area contributed by atoms with Crippen LogP contribution in [-0.2, 0) is 13.1 Å². The van der Waals surface area contributed by atoms with Crippen molar-refractivity contribution in [3.8, 4) is 11.5 Å². The van der Waals surface area contributed by atoms with Gasteiger partial charge in [0, 0.05) is 29.6 Å². The molecule has 0 fully saturated rings. The first-order chi connectivity index (χ1) is 14.4. The summed E-state index contributed by atoms with van der Waals surface area (Å²) in [6, 6.07) is 4.04. The molecule has 1 aromatic carbocycles. The van der Waals surface area contributed by atoms with E-state index in [0.29, 0.717) is 12.2 Å². The fraction of sp³-hybridized carbons (Fsp3) is 0.350. The Labute approximate surface area is 172 Å². The molecule has 160 valence electrons. The third kappa shape index (κ3) is 4.94. The van der Waals surface area contributed by atoms with E-state index in [4.69, 9.17) is 4.74 Å². The molecule has 0 unspecified atom stereocenters. The molecule has 3 aromatic rings. The lowest BCUT2D eigenvalue weighted by atomic mass is 10.2. The van der Waals surface area contributed by atoms with Gasteiger partial charge in [-0.25, -0.2) is 0 Å². The van der Waals surface area contributed by atoms with Crippen LogP contribution in [0.15, 0.2) is 36.8 Å². The lowest BCUT2D eigenvalue weighted by Gasteiger charge is -2.12. The van der Waals surface area contributed by atoms with Crippen LogP contribution < -0.4 is 14.8 Å². The van der Waals surface area contributed by atoms with E-state index >= 15 is 0 Å². The highest BCUT2D eigenvalue weighted by Gasteiger charge is 2.15. The molecular formula is C20H23F2N5O3. The average molecular weight is 419 g/mol. The van der Waals surface area contributed by atoms with Gasteiger partial charge in [0.2, 0.25) is 0 Å². The van der Waals surface area contributed by atoms with Gasteiger partial charge in [0.15, 0.2) is 11.5 Å². The first kappa shape index (κ1) is 21.3. The van der Waals surface area contributed by atoms with Crippen molar-refractivity contribution in [1.82, 2.24) is 19.6 Å². The predicted molar refractivity (Wildman–Crippen MR) is 106 cm³/mol. The van der Waals surface area contributed by atoms with Crippen molar-refractivity contribution in [2.75, 3.05) is 11.9 Å². The number of aromatic nitrogens is 4. The topological polar surface area (TPSA) is 83.2 Å². The SMILES string of the molecule is CCOc1cc(C(=O)Nc2cnn(Cc3cnn(CC)c3C)c2)ccc1OC(F)F. The number of halogens is 2. The Morgan fingerprint density at radius 3 is 2.67 bits per heavy atom. The van der Waals surface area contributed by atoms with Crippen molar-refractivity contribution in [1.29, 1.82) is 0 Å². The van der Waals surface area contributed by atoms with E-state index in [1.807, 2.05) is 18.5 Å². The summed E-state index contributed by atoms with van der Waals surface area (Å²) in [5, 5.41) is 11.3. The fourth-order valence-electron chi connectivity index (χ4n) is 2.96. The maximum absolute atomic E-state index is 12.6. The van der Waals surface area contributed by atoms with Crippen LogP contribution in [0.5, 0.6) is 11.5 Å². The van der Waals surface area contributed by atoms with Crippen LogP contribution >= 0.6 is 0 Å². The summed E-state index contributed by atoms with van der Waals surface area (Å²) in [5.41, 5.74) is 2.85.